The first-order chi connectivity index (χ1) is 14.2. The molecule has 0 radical (unpaired) electrons. The van der Waals surface area contributed by atoms with E-state index in [0.29, 0.717) is 12.4 Å². The van der Waals surface area contributed by atoms with Crippen molar-refractivity contribution in [2.45, 2.75) is 26.3 Å². The molecule has 158 valence electrons. The SMILES string of the molecule is CC=O.CN1CCN(c2cccc(-c3cc(Br)c4c(N)ncnn34)c2)C(=O)C1(C)C. The molecule has 2 N–H and O–H groups in total. The zero-order chi connectivity index (χ0) is 22.1. The van der Waals surface area contributed by atoms with Gasteiger partial charge in [0.25, 0.3) is 0 Å². The number of benzene rings is 1. The molecule has 9 heteroatoms. The van der Waals surface area contributed by atoms with Gasteiger partial charge in [0.1, 0.15) is 18.1 Å². The molecular formula is C21H25BrN6O2. The Morgan fingerprint density at radius 2 is 1.93 bits per heavy atom. The fraction of sp³-hybridized carbons (Fsp3) is 0.333. The predicted octanol–water partition coefficient (Wildman–Crippen LogP) is 3.00. The number of likely N-dealkylation sites (N-methyl/N-ethyl adjacent to an activating group) is 1. The highest BCUT2D eigenvalue weighted by molar-refractivity contribution is 9.10. The Balaban J connectivity index is 0.000000806. The first-order valence-corrected chi connectivity index (χ1v) is 10.3. The van der Waals surface area contributed by atoms with Gasteiger partial charge in [0.15, 0.2) is 5.82 Å². The maximum Gasteiger partial charge on any atom is 0.246 e. The maximum atomic E-state index is 13.0. The van der Waals surface area contributed by atoms with Crippen molar-refractivity contribution in [3.63, 3.8) is 0 Å². The van der Waals surface area contributed by atoms with E-state index in [1.54, 1.807) is 4.52 Å². The molecule has 0 bridgehead atoms. The zero-order valence-electron chi connectivity index (χ0n) is 17.5. The van der Waals surface area contributed by atoms with E-state index in [4.69, 9.17) is 10.5 Å². The second kappa shape index (κ2) is 8.53. The first kappa shape index (κ1) is 21.9. The van der Waals surface area contributed by atoms with Gasteiger partial charge in [-0.25, -0.2) is 9.50 Å². The number of rotatable bonds is 2. The average Bonchev–Trinajstić information content (AvgIpc) is 3.05. The highest BCUT2D eigenvalue weighted by Gasteiger charge is 2.40. The number of hydrogen-bond acceptors (Lipinski definition) is 6. The zero-order valence-corrected chi connectivity index (χ0v) is 19.0. The van der Waals surface area contributed by atoms with Crippen LogP contribution >= 0.6 is 15.9 Å². The Bertz CT molecular complexity index is 1090. The number of carbonyl (C=O) groups is 2. The molecule has 1 aromatic carbocycles. The van der Waals surface area contributed by atoms with Gasteiger partial charge in [-0.05, 0) is 61.9 Å². The van der Waals surface area contributed by atoms with E-state index in [1.165, 1.54) is 13.3 Å². The van der Waals surface area contributed by atoms with Crippen LogP contribution in [-0.4, -0.2) is 57.4 Å². The maximum absolute atomic E-state index is 13.0. The molecule has 0 aliphatic carbocycles. The first-order valence-electron chi connectivity index (χ1n) is 9.53. The minimum absolute atomic E-state index is 0.0983. The Labute approximate surface area is 183 Å². The fourth-order valence-electron chi connectivity index (χ4n) is 3.43. The minimum atomic E-state index is -0.527. The number of aldehydes is 1. The van der Waals surface area contributed by atoms with Crippen molar-refractivity contribution >= 4 is 45.1 Å². The highest BCUT2D eigenvalue weighted by Crippen LogP contribution is 2.34. The van der Waals surface area contributed by atoms with Gasteiger partial charge < -0.3 is 15.4 Å². The number of carbonyl (C=O) groups excluding carboxylic acids is 2. The Hall–Kier alpha value is -2.78. The van der Waals surface area contributed by atoms with Crippen molar-refractivity contribution in [2.75, 3.05) is 30.8 Å². The van der Waals surface area contributed by atoms with Crippen molar-refractivity contribution < 1.29 is 9.59 Å². The smallest absolute Gasteiger partial charge is 0.246 e. The molecule has 4 rings (SSSR count). The summed E-state index contributed by atoms with van der Waals surface area (Å²) in [5, 5.41) is 4.34. The lowest BCUT2D eigenvalue weighted by atomic mass is 9.97. The molecule has 3 aromatic rings. The average molecular weight is 473 g/mol. The number of nitrogen functional groups attached to an aromatic ring is 1. The number of piperazine rings is 1. The van der Waals surface area contributed by atoms with Crippen LogP contribution in [0.25, 0.3) is 16.8 Å². The largest absolute Gasteiger partial charge is 0.382 e. The molecule has 30 heavy (non-hydrogen) atoms. The van der Waals surface area contributed by atoms with Crippen LogP contribution in [0.15, 0.2) is 41.1 Å². The van der Waals surface area contributed by atoms with E-state index in [0.717, 1.165) is 39.8 Å². The van der Waals surface area contributed by atoms with E-state index < -0.39 is 5.54 Å². The van der Waals surface area contributed by atoms with Gasteiger partial charge in [-0.15, -0.1) is 0 Å². The van der Waals surface area contributed by atoms with Crippen LogP contribution in [0.5, 0.6) is 0 Å². The van der Waals surface area contributed by atoms with Gasteiger partial charge >= 0.3 is 0 Å². The van der Waals surface area contributed by atoms with Crippen LogP contribution in [-0.2, 0) is 9.59 Å². The Kier molecular flexibility index (Phi) is 6.23. The van der Waals surface area contributed by atoms with E-state index in [1.807, 2.05) is 56.1 Å². The number of nitrogens with zero attached hydrogens (tertiary/aromatic N) is 5. The molecule has 3 heterocycles. The summed E-state index contributed by atoms with van der Waals surface area (Å²) in [6.45, 7) is 6.85. The number of halogens is 1. The normalized spacial score (nSPS) is 16.3. The molecule has 8 nitrogen and oxygen atoms in total. The van der Waals surface area contributed by atoms with Crippen molar-refractivity contribution in [2.24, 2.45) is 0 Å². The minimum Gasteiger partial charge on any atom is -0.382 e. The van der Waals surface area contributed by atoms with Gasteiger partial charge in [0, 0.05) is 28.8 Å². The van der Waals surface area contributed by atoms with Crippen LogP contribution in [0.1, 0.15) is 20.8 Å². The highest BCUT2D eigenvalue weighted by atomic mass is 79.9. The van der Waals surface area contributed by atoms with Crippen LogP contribution in [0, 0.1) is 0 Å². The van der Waals surface area contributed by atoms with E-state index >= 15 is 0 Å². The molecule has 1 aliphatic heterocycles. The van der Waals surface area contributed by atoms with E-state index in [-0.39, 0.29) is 5.91 Å². The summed E-state index contributed by atoms with van der Waals surface area (Å²) < 4.78 is 2.60. The third kappa shape index (κ3) is 3.82. The van der Waals surface area contributed by atoms with Crippen LogP contribution in [0.2, 0.25) is 0 Å². The number of amides is 1. The topological polar surface area (TPSA) is 96.8 Å². The molecular weight excluding hydrogens is 448 g/mol. The lowest BCUT2D eigenvalue weighted by Gasteiger charge is -2.44. The summed E-state index contributed by atoms with van der Waals surface area (Å²) in [4.78, 5) is 29.8. The third-order valence-corrected chi connectivity index (χ3v) is 5.98. The van der Waals surface area contributed by atoms with Crippen molar-refractivity contribution in [1.82, 2.24) is 19.5 Å². The fourth-order valence-corrected chi connectivity index (χ4v) is 4.02. The van der Waals surface area contributed by atoms with Crippen LogP contribution in [0.4, 0.5) is 11.5 Å². The van der Waals surface area contributed by atoms with Gasteiger partial charge in [-0.3, -0.25) is 9.69 Å². The molecule has 1 aliphatic rings. The van der Waals surface area contributed by atoms with Crippen molar-refractivity contribution in [1.29, 1.82) is 0 Å². The molecule has 1 amide bonds. The Morgan fingerprint density at radius 1 is 1.23 bits per heavy atom. The molecule has 0 unspecified atom stereocenters. The lowest BCUT2D eigenvalue weighted by molar-refractivity contribution is -0.130. The molecule has 2 aromatic heterocycles. The summed E-state index contributed by atoms with van der Waals surface area (Å²) in [7, 11) is 1.99. The van der Waals surface area contributed by atoms with E-state index in [2.05, 4.69) is 30.9 Å². The third-order valence-electron chi connectivity index (χ3n) is 5.37. The van der Waals surface area contributed by atoms with Gasteiger partial charge in [0.05, 0.1) is 11.2 Å². The number of anilines is 2. The van der Waals surface area contributed by atoms with Crippen molar-refractivity contribution in [3.8, 4) is 11.3 Å². The van der Waals surface area contributed by atoms with Crippen LogP contribution < -0.4 is 10.6 Å². The van der Waals surface area contributed by atoms with Crippen molar-refractivity contribution in [3.05, 3.63) is 41.1 Å². The standard InChI is InChI=1S/C19H21BrN6O.C2H4O/c1-19(2)18(27)25(8-7-24(19)3)13-6-4-5-12(9-13)15-10-14(20)16-17(21)22-11-23-26(15)16;1-2-3/h4-6,9-11H,7-8H2,1-3H3,(H2,21,22,23);2H,1H3. The lowest BCUT2D eigenvalue weighted by Crippen LogP contribution is -2.61. The molecule has 0 spiro atoms. The van der Waals surface area contributed by atoms with Gasteiger partial charge in [0.2, 0.25) is 5.91 Å². The summed E-state index contributed by atoms with van der Waals surface area (Å²) in [5.74, 6) is 0.511. The summed E-state index contributed by atoms with van der Waals surface area (Å²) >= 11 is 3.54. The Morgan fingerprint density at radius 3 is 2.63 bits per heavy atom. The van der Waals surface area contributed by atoms with Gasteiger partial charge in [-0.2, -0.15) is 5.10 Å². The second-order valence-corrected chi connectivity index (χ2v) is 8.36. The van der Waals surface area contributed by atoms with E-state index in [9.17, 15) is 4.79 Å². The quantitative estimate of drug-likeness (QED) is 0.575. The molecule has 1 fully saturated rings. The monoisotopic (exact) mass is 472 g/mol. The molecule has 0 saturated carbocycles. The second-order valence-electron chi connectivity index (χ2n) is 7.51. The number of hydrogen-bond donors (Lipinski definition) is 1. The number of fused-ring (bicyclic) bond motifs is 1. The summed E-state index contributed by atoms with van der Waals surface area (Å²) in [6, 6.07) is 9.92. The molecule has 1 saturated heterocycles. The number of aromatic nitrogens is 3. The summed E-state index contributed by atoms with van der Waals surface area (Å²) in [6.07, 6.45) is 2.19. The van der Waals surface area contributed by atoms with Crippen LogP contribution in [0.3, 0.4) is 0 Å². The number of nitrogens with two attached hydrogens (primary N) is 1. The summed E-state index contributed by atoms with van der Waals surface area (Å²) in [5.41, 5.74) is 8.92. The van der Waals surface area contributed by atoms with Gasteiger partial charge in [-0.1, -0.05) is 12.1 Å². The molecule has 0 atom stereocenters. The predicted molar refractivity (Wildman–Crippen MR) is 121 cm³/mol.